The minimum Gasteiger partial charge on any atom is -0.268 e. The number of nitrogens with zero attached hydrogens (tertiary/aromatic N) is 1. The zero-order valence-corrected chi connectivity index (χ0v) is 7.33. The molecule has 0 amide bonds. The molecule has 1 heterocycles. The maximum Gasteiger partial charge on any atom is 0.0632 e. The third-order valence-electron chi connectivity index (χ3n) is 2.42. The van der Waals surface area contributed by atoms with Gasteiger partial charge in [-0.3, -0.25) is 5.84 Å². The summed E-state index contributed by atoms with van der Waals surface area (Å²) in [5.41, 5.74) is 2.73. The molecule has 0 saturated carbocycles. The molecule has 0 bridgehead atoms. The number of rotatable bonds is 2. The number of benzene rings is 1. The molecule has 1 saturated heterocycles. The van der Waals surface area contributed by atoms with Crippen LogP contribution in [0.4, 0.5) is 0 Å². The molecule has 2 N–H and O–H groups in total. The maximum atomic E-state index is 5.60. The fourth-order valence-electron chi connectivity index (χ4n) is 1.42. The minimum absolute atomic E-state index is 0.482. The molecule has 1 aliphatic rings. The highest BCUT2D eigenvalue weighted by Gasteiger charge is 2.31. The topological polar surface area (TPSA) is 29.0 Å². The Morgan fingerprint density at radius 3 is 2.42 bits per heavy atom. The first-order valence-electron chi connectivity index (χ1n) is 4.41. The van der Waals surface area contributed by atoms with E-state index in [1.165, 1.54) is 11.1 Å². The Labute approximate surface area is 73.0 Å². The Balaban J connectivity index is 2.14. The largest absolute Gasteiger partial charge is 0.268 e. The van der Waals surface area contributed by atoms with Gasteiger partial charge in [0.05, 0.1) is 6.04 Å². The van der Waals surface area contributed by atoms with Gasteiger partial charge in [-0.2, -0.15) is 0 Å². The van der Waals surface area contributed by atoms with E-state index in [0.29, 0.717) is 6.04 Å². The molecule has 0 aliphatic carbocycles. The lowest BCUT2D eigenvalue weighted by atomic mass is 10.1. The molecule has 1 fully saturated rings. The van der Waals surface area contributed by atoms with Crippen LogP contribution in [0, 0.1) is 0 Å². The summed E-state index contributed by atoms with van der Waals surface area (Å²) in [5, 5.41) is 1.85. The summed E-state index contributed by atoms with van der Waals surface area (Å²) >= 11 is 0. The van der Waals surface area contributed by atoms with Gasteiger partial charge in [-0.1, -0.05) is 31.2 Å². The van der Waals surface area contributed by atoms with Crippen molar-refractivity contribution in [1.82, 2.24) is 5.01 Å². The van der Waals surface area contributed by atoms with Crippen LogP contribution in [0.25, 0.3) is 0 Å². The van der Waals surface area contributed by atoms with Gasteiger partial charge >= 0.3 is 0 Å². The van der Waals surface area contributed by atoms with Gasteiger partial charge in [0.25, 0.3) is 0 Å². The van der Waals surface area contributed by atoms with E-state index in [0.717, 1.165) is 13.0 Å². The summed E-state index contributed by atoms with van der Waals surface area (Å²) in [5.74, 6) is 5.60. The average molecular weight is 162 g/mol. The van der Waals surface area contributed by atoms with Crippen LogP contribution in [-0.4, -0.2) is 11.6 Å². The molecule has 2 rings (SSSR count). The van der Waals surface area contributed by atoms with Crippen LogP contribution in [0.15, 0.2) is 24.3 Å². The number of nitrogens with two attached hydrogens (primary N) is 1. The van der Waals surface area contributed by atoms with Crippen molar-refractivity contribution in [2.45, 2.75) is 19.4 Å². The van der Waals surface area contributed by atoms with Gasteiger partial charge in [0.2, 0.25) is 0 Å². The van der Waals surface area contributed by atoms with Gasteiger partial charge in [0, 0.05) is 6.54 Å². The van der Waals surface area contributed by atoms with E-state index in [1.54, 1.807) is 0 Å². The van der Waals surface area contributed by atoms with Crippen LogP contribution < -0.4 is 5.84 Å². The van der Waals surface area contributed by atoms with Crippen LogP contribution >= 0.6 is 0 Å². The lowest BCUT2D eigenvalue weighted by Crippen LogP contribution is -2.05. The molecule has 1 aromatic rings. The first-order chi connectivity index (χ1) is 5.81. The molecule has 2 unspecified atom stereocenters. The molecule has 64 valence electrons. The van der Waals surface area contributed by atoms with Gasteiger partial charge in [-0.05, 0) is 17.5 Å². The third kappa shape index (κ3) is 1.36. The van der Waals surface area contributed by atoms with Crippen LogP contribution in [-0.2, 0) is 6.42 Å². The summed E-state index contributed by atoms with van der Waals surface area (Å²) < 4.78 is 0. The Bertz CT molecular complexity index is 266. The molecule has 1 aromatic carbocycles. The van der Waals surface area contributed by atoms with Crippen molar-refractivity contribution >= 4 is 0 Å². The van der Waals surface area contributed by atoms with Gasteiger partial charge in [0.1, 0.15) is 0 Å². The standard InChI is InChI=1S/C10H14N2/c1-2-8-3-5-9(6-4-8)10-7-12(10)11/h3-6,10H,2,7,11H2,1H3. The third-order valence-corrected chi connectivity index (χ3v) is 2.42. The summed E-state index contributed by atoms with van der Waals surface area (Å²) in [6.07, 6.45) is 1.11. The van der Waals surface area contributed by atoms with Crippen molar-refractivity contribution in [3.63, 3.8) is 0 Å². The van der Waals surface area contributed by atoms with Crippen molar-refractivity contribution in [1.29, 1.82) is 0 Å². The molecule has 2 nitrogen and oxygen atoms in total. The average Bonchev–Trinajstić information content (AvgIpc) is 2.83. The van der Waals surface area contributed by atoms with Crippen molar-refractivity contribution in [3.8, 4) is 0 Å². The fourth-order valence-corrected chi connectivity index (χ4v) is 1.42. The van der Waals surface area contributed by atoms with Crippen molar-refractivity contribution in [2.75, 3.05) is 6.54 Å². The number of hydrazine groups is 1. The molecular formula is C10H14N2. The molecule has 0 aromatic heterocycles. The lowest BCUT2D eigenvalue weighted by molar-refractivity contribution is 0.548. The molecular weight excluding hydrogens is 148 g/mol. The predicted molar refractivity (Wildman–Crippen MR) is 49.5 cm³/mol. The maximum absolute atomic E-state index is 5.60. The highest BCUT2D eigenvalue weighted by molar-refractivity contribution is 5.27. The first kappa shape index (κ1) is 7.77. The second-order valence-corrected chi connectivity index (χ2v) is 3.31. The molecule has 0 radical (unpaired) electrons. The van der Waals surface area contributed by atoms with Crippen LogP contribution in [0.5, 0.6) is 0 Å². The van der Waals surface area contributed by atoms with Crippen LogP contribution in [0.3, 0.4) is 0 Å². The Morgan fingerprint density at radius 2 is 2.00 bits per heavy atom. The first-order valence-corrected chi connectivity index (χ1v) is 4.41. The quantitative estimate of drug-likeness (QED) is 0.527. The fraction of sp³-hybridized carbons (Fsp3) is 0.400. The smallest absolute Gasteiger partial charge is 0.0632 e. The summed E-state index contributed by atoms with van der Waals surface area (Å²) in [4.78, 5) is 0. The summed E-state index contributed by atoms with van der Waals surface area (Å²) in [7, 11) is 0. The molecule has 1 aliphatic heterocycles. The monoisotopic (exact) mass is 162 g/mol. The Morgan fingerprint density at radius 1 is 1.42 bits per heavy atom. The normalized spacial score (nSPS) is 27.2. The number of aryl methyl sites for hydroxylation is 1. The summed E-state index contributed by atoms with van der Waals surface area (Å²) in [6, 6.07) is 9.20. The van der Waals surface area contributed by atoms with Gasteiger partial charge < -0.3 is 0 Å². The number of hydrogen-bond acceptors (Lipinski definition) is 2. The molecule has 12 heavy (non-hydrogen) atoms. The zero-order chi connectivity index (χ0) is 8.55. The van der Waals surface area contributed by atoms with Crippen LogP contribution in [0.2, 0.25) is 0 Å². The highest BCUT2D eigenvalue weighted by Crippen LogP contribution is 2.30. The van der Waals surface area contributed by atoms with Crippen molar-refractivity contribution < 1.29 is 0 Å². The minimum atomic E-state index is 0.482. The summed E-state index contributed by atoms with van der Waals surface area (Å²) in [6.45, 7) is 3.17. The molecule has 2 atom stereocenters. The van der Waals surface area contributed by atoms with E-state index >= 15 is 0 Å². The van der Waals surface area contributed by atoms with Gasteiger partial charge in [0.15, 0.2) is 0 Å². The van der Waals surface area contributed by atoms with E-state index in [4.69, 9.17) is 5.84 Å². The molecule has 2 heteroatoms. The number of hydrogen-bond donors (Lipinski definition) is 1. The SMILES string of the molecule is CCc1ccc(C2CN2N)cc1. The Hall–Kier alpha value is -0.860. The van der Waals surface area contributed by atoms with Crippen molar-refractivity contribution in [2.24, 2.45) is 5.84 Å². The van der Waals surface area contributed by atoms with Gasteiger partial charge in [-0.25, -0.2) is 5.01 Å². The zero-order valence-electron chi connectivity index (χ0n) is 7.33. The van der Waals surface area contributed by atoms with Crippen molar-refractivity contribution in [3.05, 3.63) is 35.4 Å². The predicted octanol–water partition coefficient (Wildman–Crippen LogP) is 1.48. The van der Waals surface area contributed by atoms with E-state index in [9.17, 15) is 0 Å². The van der Waals surface area contributed by atoms with E-state index in [1.807, 2.05) is 5.01 Å². The Kier molecular flexibility index (Phi) is 1.87. The highest BCUT2D eigenvalue weighted by atomic mass is 15.5. The van der Waals surface area contributed by atoms with Gasteiger partial charge in [-0.15, -0.1) is 0 Å². The second-order valence-electron chi connectivity index (χ2n) is 3.31. The van der Waals surface area contributed by atoms with E-state index < -0.39 is 0 Å². The lowest BCUT2D eigenvalue weighted by Gasteiger charge is -2.00. The van der Waals surface area contributed by atoms with Crippen LogP contribution in [0.1, 0.15) is 24.1 Å². The van der Waals surface area contributed by atoms with E-state index in [2.05, 4.69) is 31.2 Å². The second kappa shape index (κ2) is 2.88. The molecule has 0 spiro atoms. The van der Waals surface area contributed by atoms with E-state index in [-0.39, 0.29) is 0 Å².